The van der Waals surface area contributed by atoms with Crippen molar-refractivity contribution >= 4 is 5.69 Å². The van der Waals surface area contributed by atoms with Crippen molar-refractivity contribution in [1.82, 2.24) is 0 Å². The summed E-state index contributed by atoms with van der Waals surface area (Å²) in [5.74, 6) is 1.66. The Bertz CT molecular complexity index is 497. The zero-order valence-electron chi connectivity index (χ0n) is 10.4. The van der Waals surface area contributed by atoms with Gasteiger partial charge < -0.3 is 15.2 Å². The van der Waals surface area contributed by atoms with E-state index < -0.39 is 0 Å². The summed E-state index contributed by atoms with van der Waals surface area (Å²) in [5, 5.41) is 0. The minimum Gasteiger partial charge on any atom is -0.490 e. The Morgan fingerprint density at radius 1 is 0.944 bits per heavy atom. The molecule has 3 nitrogen and oxygen atoms in total. The largest absolute Gasteiger partial charge is 0.490 e. The van der Waals surface area contributed by atoms with E-state index in [1.165, 1.54) is 0 Å². The van der Waals surface area contributed by atoms with Crippen LogP contribution < -0.4 is 15.2 Å². The smallest absolute Gasteiger partial charge is 0.124 e. The van der Waals surface area contributed by atoms with Gasteiger partial charge in [-0.25, -0.2) is 0 Å². The van der Waals surface area contributed by atoms with Gasteiger partial charge in [0.25, 0.3) is 0 Å². The predicted molar refractivity (Wildman–Crippen MR) is 73.0 cm³/mol. The molecule has 0 radical (unpaired) electrons. The van der Waals surface area contributed by atoms with Crippen molar-refractivity contribution in [3.63, 3.8) is 0 Å². The molecule has 2 N–H and O–H groups in total. The molecule has 0 atom stereocenters. The van der Waals surface area contributed by atoms with Crippen molar-refractivity contribution in [1.29, 1.82) is 0 Å². The van der Waals surface area contributed by atoms with E-state index >= 15 is 0 Å². The van der Waals surface area contributed by atoms with Crippen molar-refractivity contribution < 1.29 is 9.47 Å². The summed E-state index contributed by atoms with van der Waals surface area (Å²) in [7, 11) is 0. The fourth-order valence-electron chi connectivity index (χ4n) is 1.60. The normalized spacial score (nSPS) is 10.1. The number of ether oxygens (including phenoxy) is 2. The summed E-state index contributed by atoms with van der Waals surface area (Å²) in [6.45, 7) is 3.00. The maximum atomic E-state index is 5.71. The number of hydrogen-bond acceptors (Lipinski definition) is 3. The molecule has 2 rings (SSSR count). The van der Waals surface area contributed by atoms with Crippen LogP contribution >= 0.6 is 0 Å². The van der Waals surface area contributed by atoms with E-state index in [1.54, 1.807) is 0 Å². The molecule has 0 spiro atoms. The number of nitrogen functional groups attached to an aromatic ring is 1. The van der Waals surface area contributed by atoms with E-state index in [0.29, 0.717) is 18.9 Å². The first-order chi connectivity index (χ1) is 8.75. The van der Waals surface area contributed by atoms with Crippen molar-refractivity contribution in [3.8, 4) is 11.5 Å². The molecule has 0 bridgehead atoms. The SMILES string of the molecule is Cc1ccc(N)cc1OCCOc1ccccc1. The van der Waals surface area contributed by atoms with Gasteiger partial charge >= 0.3 is 0 Å². The van der Waals surface area contributed by atoms with Gasteiger partial charge in [0.1, 0.15) is 24.7 Å². The zero-order valence-corrected chi connectivity index (χ0v) is 10.4. The third-order valence-corrected chi connectivity index (χ3v) is 2.57. The van der Waals surface area contributed by atoms with Crippen LogP contribution in [-0.2, 0) is 0 Å². The van der Waals surface area contributed by atoms with Gasteiger partial charge in [0, 0.05) is 11.8 Å². The standard InChI is InChI=1S/C15H17NO2/c1-12-7-8-13(16)11-15(12)18-10-9-17-14-5-3-2-4-6-14/h2-8,11H,9-10,16H2,1H3. The summed E-state index contributed by atoms with van der Waals surface area (Å²) < 4.78 is 11.2. The monoisotopic (exact) mass is 243 g/mol. The molecule has 0 aliphatic heterocycles. The van der Waals surface area contributed by atoms with E-state index in [-0.39, 0.29) is 0 Å². The van der Waals surface area contributed by atoms with Crippen LogP contribution in [0.3, 0.4) is 0 Å². The average molecular weight is 243 g/mol. The average Bonchev–Trinajstić information content (AvgIpc) is 2.40. The lowest BCUT2D eigenvalue weighted by atomic mass is 10.2. The second-order valence-electron chi connectivity index (χ2n) is 4.03. The van der Waals surface area contributed by atoms with Crippen molar-refractivity contribution in [2.75, 3.05) is 18.9 Å². The summed E-state index contributed by atoms with van der Waals surface area (Å²) in [5.41, 5.74) is 7.49. The highest BCUT2D eigenvalue weighted by Crippen LogP contribution is 2.20. The second kappa shape index (κ2) is 5.96. The van der Waals surface area contributed by atoms with Crippen LogP contribution in [0.25, 0.3) is 0 Å². The van der Waals surface area contributed by atoms with Gasteiger partial charge in [-0.2, -0.15) is 0 Å². The lowest BCUT2D eigenvalue weighted by molar-refractivity contribution is 0.216. The number of anilines is 1. The molecule has 0 heterocycles. The van der Waals surface area contributed by atoms with Crippen LogP contribution in [0, 0.1) is 6.92 Å². The van der Waals surface area contributed by atoms with Crippen LogP contribution in [0.1, 0.15) is 5.56 Å². The Morgan fingerprint density at radius 2 is 1.67 bits per heavy atom. The number of aryl methyl sites for hydroxylation is 1. The lowest BCUT2D eigenvalue weighted by Gasteiger charge is -2.10. The van der Waals surface area contributed by atoms with Gasteiger partial charge in [0.2, 0.25) is 0 Å². The lowest BCUT2D eigenvalue weighted by Crippen LogP contribution is -2.09. The zero-order chi connectivity index (χ0) is 12.8. The molecular weight excluding hydrogens is 226 g/mol. The summed E-state index contributed by atoms with van der Waals surface area (Å²) in [6.07, 6.45) is 0. The Balaban J connectivity index is 1.80. The molecular formula is C15H17NO2. The minimum atomic E-state index is 0.499. The van der Waals surface area contributed by atoms with Crippen LogP contribution in [0.2, 0.25) is 0 Å². The topological polar surface area (TPSA) is 44.5 Å². The van der Waals surface area contributed by atoms with E-state index in [9.17, 15) is 0 Å². The maximum Gasteiger partial charge on any atom is 0.124 e. The highest BCUT2D eigenvalue weighted by molar-refractivity contribution is 5.47. The minimum absolute atomic E-state index is 0.499. The third-order valence-electron chi connectivity index (χ3n) is 2.57. The molecule has 2 aromatic carbocycles. The Kier molecular flexibility index (Phi) is 4.07. The predicted octanol–water partition coefficient (Wildman–Crippen LogP) is 3.04. The molecule has 0 fully saturated rings. The molecule has 2 aromatic rings. The summed E-state index contributed by atoms with van der Waals surface area (Å²) in [6, 6.07) is 15.3. The quantitative estimate of drug-likeness (QED) is 0.648. The van der Waals surface area contributed by atoms with Crippen molar-refractivity contribution in [3.05, 3.63) is 54.1 Å². The fraction of sp³-hybridized carbons (Fsp3) is 0.200. The molecule has 0 aliphatic carbocycles. The number of para-hydroxylation sites is 1. The molecule has 0 amide bonds. The number of rotatable bonds is 5. The highest BCUT2D eigenvalue weighted by atomic mass is 16.5. The van der Waals surface area contributed by atoms with E-state index in [0.717, 1.165) is 17.1 Å². The first kappa shape index (κ1) is 12.3. The molecule has 0 saturated heterocycles. The molecule has 18 heavy (non-hydrogen) atoms. The van der Waals surface area contributed by atoms with Crippen molar-refractivity contribution in [2.45, 2.75) is 6.92 Å². The van der Waals surface area contributed by atoms with Gasteiger partial charge in [0.05, 0.1) is 0 Å². The van der Waals surface area contributed by atoms with E-state index in [2.05, 4.69) is 0 Å². The third kappa shape index (κ3) is 3.42. The van der Waals surface area contributed by atoms with Gasteiger partial charge in [0.15, 0.2) is 0 Å². The van der Waals surface area contributed by atoms with Crippen LogP contribution in [-0.4, -0.2) is 13.2 Å². The number of hydrogen-bond donors (Lipinski definition) is 1. The number of nitrogens with two attached hydrogens (primary N) is 1. The van der Waals surface area contributed by atoms with Crippen molar-refractivity contribution in [2.24, 2.45) is 0 Å². The first-order valence-corrected chi connectivity index (χ1v) is 5.92. The molecule has 3 heteroatoms. The molecule has 0 saturated carbocycles. The highest BCUT2D eigenvalue weighted by Gasteiger charge is 2.00. The second-order valence-corrected chi connectivity index (χ2v) is 4.03. The molecule has 0 aliphatic rings. The molecule has 0 aromatic heterocycles. The van der Waals surface area contributed by atoms with Gasteiger partial charge in [-0.1, -0.05) is 24.3 Å². The van der Waals surface area contributed by atoms with E-state index in [4.69, 9.17) is 15.2 Å². The fourth-order valence-corrected chi connectivity index (χ4v) is 1.60. The summed E-state index contributed by atoms with van der Waals surface area (Å²) in [4.78, 5) is 0. The van der Waals surface area contributed by atoms with Crippen LogP contribution in [0.15, 0.2) is 48.5 Å². The molecule has 0 unspecified atom stereocenters. The van der Waals surface area contributed by atoms with E-state index in [1.807, 2.05) is 55.5 Å². The Labute approximate surface area is 107 Å². The summed E-state index contributed by atoms with van der Waals surface area (Å²) >= 11 is 0. The Morgan fingerprint density at radius 3 is 2.44 bits per heavy atom. The van der Waals surface area contributed by atoms with Gasteiger partial charge in [-0.05, 0) is 30.7 Å². The Hall–Kier alpha value is -2.16. The van der Waals surface area contributed by atoms with Crippen LogP contribution in [0.5, 0.6) is 11.5 Å². The number of benzene rings is 2. The first-order valence-electron chi connectivity index (χ1n) is 5.92. The van der Waals surface area contributed by atoms with Gasteiger partial charge in [-0.3, -0.25) is 0 Å². The maximum absolute atomic E-state index is 5.71. The van der Waals surface area contributed by atoms with Gasteiger partial charge in [-0.15, -0.1) is 0 Å². The van der Waals surface area contributed by atoms with Crippen LogP contribution in [0.4, 0.5) is 5.69 Å². The molecule has 94 valence electrons.